The lowest BCUT2D eigenvalue weighted by atomic mass is 10.1. The predicted molar refractivity (Wildman–Crippen MR) is 168 cm³/mol. The third kappa shape index (κ3) is 17.2. The highest BCUT2D eigenvalue weighted by Gasteiger charge is 2.06. The van der Waals surface area contributed by atoms with Crippen LogP contribution in [-0.2, 0) is 11.2 Å². The van der Waals surface area contributed by atoms with Gasteiger partial charge in [0, 0.05) is 6.42 Å². The van der Waals surface area contributed by atoms with Gasteiger partial charge in [-0.1, -0.05) is 100 Å². The minimum absolute atomic E-state index is 0.0153. The molecule has 0 unspecified atom stereocenters. The summed E-state index contributed by atoms with van der Waals surface area (Å²) in [5, 5.41) is 21.9. The number of carbonyl (C=O) groups excluding carboxylic acids is 1. The zero-order chi connectivity index (χ0) is 28.7. The molecule has 0 bridgehead atoms. The minimum Gasteiger partial charge on any atom is -0.508 e. The summed E-state index contributed by atoms with van der Waals surface area (Å²) in [6, 6.07) is 10.8. The maximum atomic E-state index is 12.0. The molecule has 2 aromatic carbocycles. The summed E-state index contributed by atoms with van der Waals surface area (Å²) in [6.45, 7) is 9.83. The van der Waals surface area contributed by atoms with Crippen LogP contribution >= 0.6 is 0 Å². The Kier molecular flexibility index (Phi) is 19.1. The highest BCUT2D eigenvalue weighted by Crippen LogP contribution is 2.24. The number of phenols is 2. The third-order valence-electron chi connectivity index (χ3n) is 6.69. The fourth-order valence-corrected chi connectivity index (χ4v) is 4.35. The summed E-state index contributed by atoms with van der Waals surface area (Å²) in [6.07, 6.45) is 24.0. The summed E-state index contributed by atoms with van der Waals surface area (Å²) in [4.78, 5) is 12.0. The van der Waals surface area contributed by atoms with Crippen molar-refractivity contribution in [3.05, 3.63) is 77.9 Å². The maximum absolute atomic E-state index is 12.0. The second-order valence-corrected chi connectivity index (χ2v) is 10.5. The van der Waals surface area contributed by atoms with E-state index in [2.05, 4.69) is 31.0 Å². The van der Waals surface area contributed by atoms with Gasteiger partial charge in [0.25, 0.3) is 0 Å². The molecule has 39 heavy (non-hydrogen) atoms. The monoisotopic (exact) mass is 535 g/mol. The van der Waals surface area contributed by atoms with E-state index in [-0.39, 0.29) is 11.7 Å². The van der Waals surface area contributed by atoms with Crippen LogP contribution in [0.2, 0.25) is 0 Å². The average Bonchev–Trinajstić information content (AvgIpc) is 2.91. The molecule has 0 saturated carbocycles. The summed E-state index contributed by atoms with van der Waals surface area (Å²) in [5.74, 6) is 0.470. The summed E-state index contributed by atoms with van der Waals surface area (Å²) < 4.78 is 0. The predicted octanol–water partition coefficient (Wildman–Crippen LogP) is 10.1. The molecule has 0 heterocycles. The standard InChI is InChI=1S/C25H41NO2.C10H12O/c1-3-4-5-6-7-8-9-10-11-12-13-14-15-16-17-18-25(28)26-23-21-22(2)19-20-24(23)27;1-3-4-9-7-8(2)5-6-10(9)11/h10-11,19-21,27H,3-9,12-18H2,1-2H3,(H,26,28);3,5-7,11H,1,4H2,2H3. The van der Waals surface area contributed by atoms with Gasteiger partial charge in [-0.15, -0.1) is 6.58 Å². The van der Waals surface area contributed by atoms with Crippen molar-refractivity contribution in [1.82, 2.24) is 0 Å². The highest BCUT2D eigenvalue weighted by atomic mass is 16.3. The van der Waals surface area contributed by atoms with Gasteiger partial charge in [-0.05, 0) is 81.7 Å². The molecule has 0 aliphatic rings. The highest BCUT2D eigenvalue weighted by molar-refractivity contribution is 5.92. The lowest BCUT2D eigenvalue weighted by Crippen LogP contribution is -2.11. The largest absolute Gasteiger partial charge is 0.508 e. The summed E-state index contributed by atoms with van der Waals surface area (Å²) in [7, 11) is 0. The van der Waals surface area contributed by atoms with E-state index in [1.807, 2.05) is 32.0 Å². The van der Waals surface area contributed by atoms with Crippen molar-refractivity contribution >= 4 is 11.6 Å². The minimum atomic E-state index is -0.0153. The molecular weight excluding hydrogens is 482 g/mol. The number of nitrogens with one attached hydrogen (secondary N) is 1. The number of hydrogen-bond acceptors (Lipinski definition) is 3. The Morgan fingerprint density at radius 1 is 0.769 bits per heavy atom. The van der Waals surface area contributed by atoms with E-state index in [0.29, 0.717) is 17.9 Å². The molecule has 4 nitrogen and oxygen atoms in total. The number of anilines is 1. The Labute approximate surface area is 238 Å². The van der Waals surface area contributed by atoms with Gasteiger partial charge in [0.15, 0.2) is 0 Å². The van der Waals surface area contributed by atoms with Crippen molar-refractivity contribution in [1.29, 1.82) is 0 Å². The molecule has 2 rings (SSSR count). The summed E-state index contributed by atoms with van der Waals surface area (Å²) >= 11 is 0. The van der Waals surface area contributed by atoms with Crippen molar-refractivity contribution in [3.63, 3.8) is 0 Å². The SMILES string of the molecule is C=CCc1cc(C)ccc1O.CCCCCCCCC=CCCCCCCCC(=O)Nc1cc(C)ccc1O. The van der Waals surface area contributed by atoms with Gasteiger partial charge in [0.05, 0.1) is 5.69 Å². The number of phenolic OH excluding ortho intramolecular Hbond substituents is 2. The molecule has 0 atom stereocenters. The van der Waals surface area contributed by atoms with Crippen molar-refractivity contribution < 1.29 is 15.0 Å². The summed E-state index contributed by atoms with van der Waals surface area (Å²) in [5.41, 5.74) is 3.64. The number of carbonyl (C=O) groups is 1. The lowest BCUT2D eigenvalue weighted by molar-refractivity contribution is -0.116. The number of unbranched alkanes of at least 4 members (excludes halogenated alkanes) is 11. The second kappa shape index (κ2) is 21.9. The topological polar surface area (TPSA) is 69.6 Å². The molecule has 1 amide bonds. The van der Waals surface area contributed by atoms with Gasteiger partial charge in [-0.25, -0.2) is 0 Å². The first-order chi connectivity index (χ1) is 18.9. The van der Waals surface area contributed by atoms with E-state index < -0.39 is 0 Å². The van der Waals surface area contributed by atoms with Crippen LogP contribution in [0.15, 0.2) is 61.2 Å². The molecular formula is C35H53NO3. The Balaban J connectivity index is 0.000000573. The number of aryl methyl sites for hydroxylation is 2. The first-order valence-electron chi connectivity index (χ1n) is 15.0. The van der Waals surface area contributed by atoms with Crippen LogP contribution in [0, 0.1) is 13.8 Å². The number of amides is 1. The van der Waals surface area contributed by atoms with E-state index in [1.165, 1.54) is 76.2 Å². The Bertz CT molecular complexity index is 980. The van der Waals surface area contributed by atoms with Gasteiger partial charge in [0.1, 0.15) is 11.5 Å². The molecule has 4 heteroatoms. The van der Waals surface area contributed by atoms with Gasteiger partial charge in [-0.3, -0.25) is 4.79 Å². The van der Waals surface area contributed by atoms with Crippen molar-refractivity contribution in [2.45, 2.75) is 117 Å². The van der Waals surface area contributed by atoms with Crippen LogP contribution in [0.5, 0.6) is 11.5 Å². The molecule has 0 spiro atoms. The van der Waals surface area contributed by atoms with E-state index in [0.717, 1.165) is 30.4 Å². The third-order valence-corrected chi connectivity index (χ3v) is 6.69. The fraction of sp³-hybridized carbons (Fsp3) is 0.514. The Morgan fingerprint density at radius 2 is 1.31 bits per heavy atom. The van der Waals surface area contributed by atoms with Gasteiger partial charge >= 0.3 is 0 Å². The van der Waals surface area contributed by atoms with Crippen molar-refractivity contribution in [2.75, 3.05) is 5.32 Å². The van der Waals surface area contributed by atoms with E-state index in [1.54, 1.807) is 24.3 Å². The molecule has 0 fully saturated rings. The van der Waals surface area contributed by atoms with Crippen LogP contribution in [0.3, 0.4) is 0 Å². The van der Waals surface area contributed by atoms with Crippen LogP contribution in [0.25, 0.3) is 0 Å². The average molecular weight is 536 g/mol. The van der Waals surface area contributed by atoms with E-state index in [9.17, 15) is 15.0 Å². The van der Waals surface area contributed by atoms with Crippen molar-refractivity contribution in [3.8, 4) is 11.5 Å². The van der Waals surface area contributed by atoms with E-state index in [4.69, 9.17) is 0 Å². The number of aromatic hydroxyl groups is 2. The van der Waals surface area contributed by atoms with Crippen LogP contribution in [0.4, 0.5) is 5.69 Å². The molecule has 216 valence electrons. The van der Waals surface area contributed by atoms with Crippen LogP contribution in [0.1, 0.15) is 114 Å². The fourth-order valence-electron chi connectivity index (χ4n) is 4.35. The Hall–Kier alpha value is -3.01. The zero-order valence-corrected chi connectivity index (χ0v) is 24.8. The smallest absolute Gasteiger partial charge is 0.224 e. The van der Waals surface area contributed by atoms with Gasteiger partial charge < -0.3 is 15.5 Å². The first-order valence-corrected chi connectivity index (χ1v) is 15.0. The van der Waals surface area contributed by atoms with Crippen molar-refractivity contribution in [2.24, 2.45) is 0 Å². The Morgan fingerprint density at radius 3 is 1.92 bits per heavy atom. The maximum Gasteiger partial charge on any atom is 0.224 e. The number of hydrogen-bond donors (Lipinski definition) is 3. The molecule has 0 aromatic heterocycles. The van der Waals surface area contributed by atoms with Crippen LogP contribution < -0.4 is 5.32 Å². The lowest BCUT2D eigenvalue weighted by Gasteiger charge is -2.08. The molecule has 0 aliphatic heterocycles. The van der Waals surface area contributed by atoms with Gasteiger partial charge in [0.2, 0.25) is 5.91 Å². The normalized spacial score (nSPS) is 10.7. The number of benzene rings is 2. The second-order valence-electron chi connectivity index (χ2n) is 10.5. The first kappa shape index (κ1) is 34.0. The molecule has 0 radical (unpaired) electrons. The molecule has 0 saturated heterocycles. The number of allylic oxidation sites excluding steroid dienone is 3. The molecule has 3 N–H and O–H groups in total. The number of rotatable bonds is 18. The quantitative estimate of drug-likeness (QED) is 0.101. The van der Waals surface area contributed by atoms with Crippen LogP contribution in [-0.4, -0.2) is 16.1 Å². The van der Waals surface area contributed by atoms with E-state index >= 15 is 0 Å². The zero-order valence-electron chi connectivity index (χ0n) is 24.8. The van der Waals surface area contributed by atoms with Gasteiger partial charge in [-0.2, -0.15) is 0 Å². The molecule has 0 aliphatic carbocycles. The molecule has 2 aromatic rings.